The normalized spacial score (nSPS) is 15.6. The molecule has 1 unspecified atom stereocenters. The minimum absolute atomic E-state index is 0.0457. The van der Waals surface area contributed by atoms with E-state index in [9.17, 15) is 9.59 Å². The van der Waals surface area contributed by atoms with E-state index in [-0.39, 0.29) is 25.0 Å². The molecule has 0 fully saturated rings. The molecule has 0 aromatic heterocycles. The molecule has 25 heavy (non-hydrogen) atoms. The molecule has 6 heteroatoms. The lowest BCUT2D eigenvalue weighted by atomic mass is 10.0. The number of rotatable bonds is 6. The molecule has 1 atom stereocenters. The van der Waals surface area contributed by atoms with Crippen LogP contribution in [0.5, 0.6) is 11.5 Å². The fourth-order valence-electron chi connectivity index (χ4n) is 2.76. The summed E-state index contributed by atoms with van der Waals surface area (Å²) in [6.45, 7) is 0.803. The van der Waals surface area contributed by atoms with Gasteiger partial charge < -0.3 is 20.5 Å². The van der Waals surface area contributed by atoms with E-state index in [1.54, 1.807) is 24.3 Å². The van der Waals surface area contributed by atoms with Crippen molar-refractivity contribution in [2.24, 2.45) is 5.73 Å². The zero-order valence-electron chi connectivity index (χ0n) is 13.7. The Morgan fingerprint density at radius 2 is 2.04 bits per heavy atom. The second-order valence-corrected chi connectivity index (χ2v) is 5.79. The molecule has 0 saturated heterocycles. The SMILES string of the molecule is NC(=O)c1cccc(OCCC(=O)NC2CCOc3ccccc32)c1. The largest absolute Gasteiger partial charge is 0.493 e. The maximum atomic E-state index is 12.2. The molecule has 3 rings (SSSR count). The minimum Gasteiger partial charge on any atom is -0.493 e. The summed E-state index contributed by atoms with van der Waals surface area (Å²) in [5.41, 5.74) is 6.61. The van der Waals surface area contributed by atoms with Gasteiger partial charge in [0.15, 0.2) is 0 Å². The van der Waals surface area contributed by atoms with Gasteiger partial charge >= 0.3 is 0 Å². The highest BCUT2D eigenvalue weighted by molar-refractivity contribution is 5.93. The molecular weight excluding hydrogens is 320 g/mol. The molecule has 0 bridgehead atoms. The number of fused-ring (bicyclic) bond motifs is 1. The zero-order valence-corrected chi connectivity index (χ0v) is 13.7. The molecule has 2 amide bonds. The Kier molecular flexibility index (Phi) is 5.18. The van der Waals surface area contributed by atoms with Crippen LogP contribution in [0.3, 0.4) is 0 Å². The lowest BCUT2D eigenvalue weighted by Gasteiger charge is -2.26. The number of amides is 2. The van der Waals surface area contributed by atoms with Gasteiger partial charge in [0.05, 0.1) is 25.7 Å². The standard InChI is InChI=1S/C19H20N2O4/c20-19(23)13-4-3-5-14(12-13)24-11-9-18(22)21-16-8-10-25-17-7-2-1-6-15(16)17/h1-7,12,16H,8-11H2,(H2,20,23)(H,21,22). The molecule has 1 aliphatic heterocycles. The van der Waals surface area contributed by atoms with E-state index in [1.807, 2.05) is 24.3 Å². The molecule has 130 valence electrons. The summed E-state index contributed by atoms with van der Waals surface area (Å²) < 4.78 is 11.1. The van der Waals surface area contributed by atoms with Gasteiger partial charge in [0.2, 0.25) is 11.8 Å². The minimum atomic E-state index is -0.513. The van der Waals surface area contributed by atoms with Gasteiger partial charge in [-0.1, -0.05) is 24.3 Å². The van der Waals surface area contributed by atoms with Crippen LogP contribution in [0.1, 0.15) is 34.8 Å². The molecule has 6 nitrogen and oxygen atoms in total. The number of nitrogens with one attached hydrogen (secondary N) is 1. The number of ether oxygens (including phenoxy) is 2. The maximum Gasteiger partial charge on any atom is 0.248 e. The molecule has 0 spiro atoms. The van der Waals surface area contributed by atoms with Crippen molar-refractivity contribution < 1.29 is 19.1 Å². The van der Waals surface area contributed by atoms with Crippen molar-refractivity contribution in [2.45, 2.75) is 18.9 Å². The summed E-state index contributed by atoms with van der Waals surface area (Å²) >= 11 is 0. The van der Waals surface area contributed by atoms with E-state index < -0.39 is 5.91 Å². The van der Waals surface area contributed by atoms with Crippen molar-refractivity contribution in [1.29, 1.82) is 0 Å². The number of benzene rings is 2. The van der Waals surface area contributed by atoms with Gasteiger partial charge in [-0.2, -0.15) is 0 Å². The maximum absolute atomic E-state index is 12.2. The van der Waals surface area contributed by atoms with Crippen LogP contribution >= 0.6 is 0 Å². The average Bonchev–Trinajstić information content (AvgIpc) is 2.62. The molecule has 0 saturated carbocycles. The third-order valence-corrected chi connectivity index (χ3v) is 4.01. The monoisotopic (exact) mass is 340 g/mol. The van der Waals surface area contributed by atoms with Gasteiger partial charge in [-0.25, -0.2) is 0 Å². The fourth-order valence-corrected chi connectivity index (χ4v) is 2.76. The quantitative estimate of drug-likeness (QED) is 0.843. The van der Waals surface area contributed by atoms with Crippen LogP contribution < -0.4 is 20.5 Å². The molecule has 2 aromatic rings. The Morgan fingerprint density at radius 3 is 2.88 bits per heavy atom. The molecule has 1 aliphatic rings. The first kappa shape index (κ1) is 16.8. The Labute approximate surface area is 145 Å². The Morgan fingerprint density at radius 1 is 1.20 bits per heavy atom. The van der Waals surface area contributed by atoms with E-state index in [2.05, 4.69) is 5.32 Å². The van der Waals surface area contributed by atoms with E-state index in [0.29, 0.717) is 17.9 Å². The molecule has 1 heterocycles. The summed E-state index contributed by atoms with van der Waals surface area (Å²) in [7, 11) is 0. The number of carbonyl (C=O) groups excluding carboxylic acids is 2. The molecule has 0 radical (unpaired) electrons. The third-order valence-electron chi connectivity index (χ3n) is 4.01. The highest BCUT2D eigenvalue weighted by atomic mass is 16.5. The van der Waals surface area contributed by atoms with Crippen LogP contribution in [0.2, 0.25) is 0 Å². The topological polar surface area (TPSA) is 90.7 Å². The first-order valence-corrected chi connectivity index (χ1v) is 8.17. The van der Waals surface area contributed by atoms with Gasteiger partial charge in [-0.3, -0.25) is 9.59 Å². The Balaban J connectivity index is 1.51. The molecular formula is C19H20N2O4. The van der Waals surface area contributed by atoms with Crippen LogP contribution in [0.4, 0.5) is 0 Å². The lowest BCUT2D eigenvalue weighted by molar-refractivity contribution is -0.122. The van der Waals surface area contributed by atoms with Crippen molar-refractivity contribution in [1.82, 2.24) is 5.32 Å². The third kappa shape index (κ3) is 4.29. The van der Waals surface area contributed by atoms with Gasteiger partial charge in [0.1, 0.15) is 11.5 Å². The second kappa shape index (κ2) is 7.70. The molecule has 3 N–H and O–H groups in total. The van der Waals surface area contributed by atoms with Crippen molar-refractivity contribution in [3.05, 3.63) is 59.7 Å². The van der Waals surface area contributed by atoms with E-state index >= 15 is 0 Å². The van der Waals surface area contributed by atoms with Crippen molar-refractivity contribution in [3.8, 4) is 11.5 Å². The van der Waals surface area contributed by atoms with Gasteiger partial charge in [-0.05, 0) is 24.3 Å². The smallest absolute Gasteiger partial charge is 0.248 e. The summed E-state index contributed by atoms with van der Waals surface area (Å²) in [4.78, 5) is 23.3. The number of hydrogen-bond donors (Lipinski definition) is 2. The number of nitrogens with two attached hydrogens (primary N) is 1. The number of hydrogen-bond acceptors (Lipinski definition) is 4. The predicted molar refractivity (Wildman–Crippen MR) is 92.5 cm³/mol. The van der Waals surface area contributed by atoms with E-state index in [4.69, 9.17) is 15.2 Å². The van der Waals surface area contributed by atoms with Crippen LogP contribution in [0.15, 0.2) is 48.5 Å². The summed E-state index contributed by atoms with van der Waals surface area (Å²) in [6.07, 6.45) is 0.963. The van der Waals surface area contributed by atoms with E-state index in [1.165, 1.54) is 0 Å². The second-order valence-electron chi connectivity index (χ2n) is 5.79. The zero-order chi connectivity index (χ0) is 17.6. The van der Waals surface area contributed by atoms with Gasteiger partial charge in [0, 0.05) is 17.5 Å². The van der Waals surface area contributed by atoms with E-state index in [0.717, 1.165) is 17.7 Å². The first-order chi connectivity index (χ1) is 12.1. The first-order valence-electron chi connectivity index (χ1n) is 8.17. The van der Waals surface area contributed by atoms with Gasteiger partial charge in [0.25, 0.3) is 0 Å². The number of primary amides is 1. The predicted octanol–water partition coefficient (Wildman–Crippen LogP) is 2.19. The average molecular weight is 340 g/mol. The fraction of sp³-hybridized carbons (Fsp3) is 0.263. The van der Waals surface area contributed by atoms with Crippen molar-refractivity contribution in [2.75, 3.05) is 13.2 Å². The summed E-state index contributed by atoms with van der Waals surface area (Å²) in [6, 6.07) is 14.3. The van der Waals surface area contributed by atoms with Crippen LogP contribution in [-0.4, -0.2) is 25.0 Å². The lowest BCUT2D eigenvalue weighted by Crippen LogP contribution is -2.32. The molecule has 2 aromatic carbocycles. The summed E-state index contributed by atoms with van der Waals surface area (Å²) in [5.74, 6) is 0.730. The molecule has 0 aliphatic carbocycles. The highest BCUT2D eigenvalue weighted by Crippen LogP contribution is 2.31. The Bertz CT molecular complexity index is 776. The number of para-hydroxylation sites is 1. The van der Waals surface area contributed by atoms with Crippen LogP contribution in [0, 0.1) is 0 Å². The number of carbonyl (C=O) groups is 2. The Hall–Kier alpha value is -3.02. The highest BCUT2D eigenvalue weighted by Gasteiger charge is 2.22. The van der Waals surface area contributed by atoms with Crippen LogP contribution in [-0.2, 0) is 4.79 Å². The van der Waals surface area contributed by atoms with Crippen LogP contribution in [0.25, 0.3) is 0 Å². The van der Waals surface area contributed by atoms with Crippen molar-refractivity contribution in [3.63, 3.8) is 0 Å². The summed E-state index contributed by atoms with van der Waals surface area (Å²) in [5, 5.41) is 3.02. The van der Waals surface area contributed by atoms with Crippen molar-refractivity contribution >= 4 is 11.8 Å². The van der Waals surface area contributed by atoms with Gasteiger partial charge in [-0.15, -0.1) is 0 Å².